The SMILES string of the molecule is CCCc1cc[s+]([O-])n1.Cl. The zero-order chi connectivity index (χ0) is 6.69. The Labute approximate surface area is 69.7 Å². The van der Waals surface area contributed by atoms with E-state index in [2.05, 4.69) is 11.3 Å². The van der Waals surface area contributed by atoms with Gasteiger partial charge in [-0.25, -0.2) is 0 Å². The van der Waals surface area contributed by atoms with Crippen LogP contribution in [0.1, 0.15) is 19.0 Å². The summed E-state index contributed by atoms with van der Waals surface area (Å²) in [5.74, 6) is 0. The van der Waals surface area contributed by atoms with E-state index in [-0.39, 0.29) is 12.4 Å². The summed E-state index contributed by atoms with van der Waals surface area (Å²) in [4.78, 5) is 0. The molecular formula is C6H10ClNOS. The van der Waals surface area contributed by atoms with Gasteiger partial charge in [0.15, 0.2) is 5.38 Å². The molecule has 0 radical (unpaired) electrons. The van der Waals surface area contributed by atoms with Gasteiger partial charge in [-0.05, 0) is 10.8 Å². The molecule has 1 rings (SSSR count). The summed E-state index contributed by atoms with van der Waals surface area (Å²) in [6.45, 7) is 2.08. The van der Waals surface area contributed by atoms with Crippen LogP contribution in [0.3, 0.4) is 0 Å². The lowest BCUT2D eigenvalue weighted by atomic mass is 10.3. The van der Waals surface area contributed by atoms with Crippen LogP contribution >= 0.6 is 23.4 Å². The first-order chi connectivity index (χ1) is 4.33. The van der Waals surface area contributed by atoms with Gasteiger partial charge >= 0.3 is 0 Å². The first kappa shape index (κ1) is 9.88. The van der Waals surface area contributed by atoms with Crippen LogP contribution in [0.2, 0.25) is 0 Å². The van der Waals surface area contributed by atoms with Crippen LogP contribution in [-0.4, -0.2) is 8.93 Å². The van der Waals surface area contributed by atoms with E-state index in [1.54, 1.807) is 5.38 Å². The standard InChI is InChI=1S/C6H9NOS.ClH/c1-2-3-6-4-5-9(8)7-6;/h4-5H,2-3H2,1H3;1H. The molecule has 0 aliphatic carbocycles. The normalized spacial score (nSPS) is 10.8. The Morgan fingerprint density at radius 3 is 2.80 bits per heavy atom. The molecule has 0 spiro atoms. The van der Waals surface area contributed by atoms with E-state index >= 15 is 0 Å². The number of halogens is 1. The van der Waals surface area contributed by atoms with Crippen LogP contribution in [0.5, 0.6) is 0 Å². The zero-order valence-corrected chi connectivity index (χ0v) is 7.37. The van der Waals surface area contributed by atoms with Gasteiger partial charge in [0.1, 0.15) is 5.69 Å². The molecule has 0 saturated carbocycles. The fourth-order valence-corrected chi connectivity index (χ4v) is 1.42. The molecule has 0 bridgehead atoms. The summed E-state index contributed by atoms with van der Waals surface area (Å²) in [5, 5.41) is 1.62. The predicted octanol–water partition coefficient (Wildman–Crippen LogP) is 2.18. The van der Waals surface area contributed by atoms with Gasteiger partial charge in [-0.3, -0.25) is 0 Å². The molecule has 58 valence electrons. The van der Waals surface area contributed by atoms with Gasteiger partial charge in [-0.15, -0.1) is 12.4 Å². The second kappa shape index (κ2) is 4.66. The fraction of sp³-hybridized carbons (Fsp3) is 0.500. The Hall–Kier alpha value is -0.120. The maximum atomic E-state index is 10.6. The van der Waals surface area contributed by atoms with Crippen LogP contribution in [0.4, 0.5) is 0 Å². The van der Waals surface area contributed by atoms with Crippen molar-refractivity contribution < 1.29 is 4.55 Å². The van der Waals surface area contributed by atoms with Crippen molar-refractivity contribution in [3.8, 4) is 0 Å². The Morgan fingerprint density at radius 1 is 1.70 bits per heavy atom. The van der Waals surface area contributed by atoms with Crippen molar-refractivity contribution in [2.24, 2.45) is 0 Å². The minimum Gasteiger partial charge on any atom is -0.569 e. The Bertz CT molecular complexity index is 190. The van der Waals surface area contributed by atoms with E-state index in [1.807, 2.05) is 6.07 Å². The number of aromatic nitrogens is 1. The number of nitrogens with zero attached hydrogens (tertiary/aromatic N) is 1. The summed E-state index contributed by atoms with van der Waals surface area (Å²) < 4.78 is 14.4. The third-order valence-corrected chi connectivity index (χ3v) is 1.87. The van der Waals surface area contributed by atoms with E-state index in [9.17, 15) is 4.55 Å². The summed E-state index contributed by atoms with van der Waals surface area (Å²) in [6.07, 6.45) is 2.02. The Kier molecular flexibility index (Phi) is 4.60. The van der Waals surface area contributed by atoms with Gasteiger partial charge in [0.2, 0.25) is 0 Å². The highest BCUT2D eigenvalue weighted by molar-refractivity contribution is 7.17. The van der Waals surface area contributed by atoms with Gasteiger partial charge < -0.3 is 4.55 Å². The highest BCUT2D eigenvalue weighted by atomic mass is 35.5. The van der Waals surface area contributed by atoms with E-state index in [1.165, 1.54) is 0 Å². The molecule has 1 unspecified atom stereocenters. The van der Waals surface area contributed by atoms with E-state index < -0.39 is 10.9 Å². The molecule has 0 aliphatic heterocycles. The molecule has 10 heavy (non-hydrogen) atoms. The molecule has 0 aliphatic rings. The lowest BCUT2D eigenvalue weighted by Crippen LogP contribution is -1.79. The third-order valence-electron chi connectivity index (χ3n) is 1.09. The van der Waals surface area contributed by atoms with Crippen molar-refractivity contribution in [2.45, 2.75) is 19.8 Å². The van der Waals surface area contributed by atoms with Crippen LogP contribution in [-0.2, 0) is 6.42 Å². The fourth-order valence-electron chi connectivity index (χ4n) is 0.698. The highest BCUT2D eigenvalue weighted by Gasteiger charge is 1.98. The minimum atomic E-state index is -1.05. The molecule has 1 heterocycles. The third kappa shape index (κ3) is 2.64. The Morgan fingerprint density at radius 2 is 2.40 bits per heavy atom. The van der Waals surface area contributed by atoms with Gasteiger partial charge in [0.05, 0.1) is 10.9 Å². The highest BCUT2D eigenvalue weighted by Crippen LogP contribution is 2.10. The summed E-state index contributed by atoms with van der Waals surface area (Å²) in [7, 11) is -1.05. The molecule has 0 fully saturated rings. The molecule has 4 heteroatoms. The molecule has 0 aromatic carbocycles. The summed E-state index contributed by atoms with van der Waals surface area (Å²) in [5.41, 5.74) is 0.968. The monoisotopic (exact) mass is 179 g/mol. The topological polar surface area (TPSA) is 36.0 Å². The predicted molar refractivity (Wildman–Crippen MR) is 44.1 cm³/mol. The number of rotatable bonds is 2. The number of hydrogen-bond acceptors (Lipinski definition) is 2. The van der Waals surface area contributed by atoms with Crippen LogP contribution < -0.4 is 0 Å². The van der Waals surface area contributed by atoms with Gasteiger partial charge in [0, 0.05) is 6.07 Å². The van der Waals surface area contributed by atoms with Crippen LogP contribution in [0, 0.1) is 0 Å². The van der Waals surface area contributed by atoms with Crippen molar-refractivity contribution >= 4 is 23.4 Å². The average molecular weight is 180 g/mol. The molecular weight excluding hydrogens is 170 g/mol. The minimum absolute atomic E-state index is 0. The van der Waals surface area contributed by atoms with Crippen molar-refractivity contribution in [3.63, 3.8) is 0 Å². The maximum absolute atomic E-state index is 10.6. The van der Waals surface area contributed by atoms with Crippen molar-refractivity contribution in [1.29, 1.82) is 0 Å². The maximum Gasteiger partial charge on any atom is 0.163 e. The van der Waals surface area contributed by atoms with E-state index in [0.29, 0.717) is 0 Å². The first-order valence-electron chi connectivity index (χ1n) is 2.99. The summed E-state index contributed by atoms with van der Waals surface area (Å²) in [6, 6.07) is 1.83. The second-order valence-corrected chi connectivity index (χ2v) is 2.92. The van der Waals surface area contributed by atoms with E-state index in [4.69, 9.17) is 0 Å². The van der Waals surface area contributed by atoms with E-state index in [0.717, 1.165) is 18.5 Å². The molecule has 1 aromatic heterocycles. The van der Waals surface area contributed by atoms with Gasteiger partial charge in [-0.2, -0.15) is 0 Å². The van der Waals surface area contributed by atoms with Crippen molar-refractivity contribution in [1.82, 2.24) is 4.37 Å². The smallest absolute Gasteiger partial charge is 0.163 e. The molecule has 2 nitrogen and oxygen atoms in total. The van der Waals surface area contributed by atoms with Crippen molar-refractivity contribution in [2.75, 3.05) is 0 Å². The number of hydrogen-bond donors (Lipinski definition) is 0. The zero-order valence-electron chi connectivity index (χ0n) is 5.74. The first-order valence-corrected chi connectivity index (χ1v) is 4.16. The van der Waals surface area contributed by atoms with Crippen LogP contribution in [0.25, 0.3) is 0 Å². The lowest BCUT2D eigenvalue weighted by Gasteiger charge is -1.83. The number of aryl methyl sites for hydroxylation is 1. The second-order valence-electron chi connectivity index (χ2n) is 1.91. The van der Waals surface area contributed by atoms with Crippen LogP contribution in [0.15, 0.2) is 11.4 Å². The molecule has 0 N–H and O–H groups in total. The largest absolute Gasteiger partial charge is 0.569 e. The van der Waals surface area contributed by atoms with Gasteiger partial charge in [0.25, 0.3) is 0 Å². The van der Waals surface area contributed by atoms with Crippen molar-refractivity contribution in [3.05, 3.63) is 17.1 Å². The average Bonchev–Trinajstić information content (AvgIpc) is 2.17. The summed E-state index contributed by atoms with van der Waals surface area (Å²) >= 11 is 0. The Balaban J connectivity index is 0.000000810. The lowest BCUT2D eigenvalue weighted by molar-refractivity contribution is 0.591. The molecule has 0 saturated heterocycles. The molecule has 1 atom stereocenters. The van der Waals surface area contributed by atoms with Gasteiger partial charge in [-0.1, -0.05) is 13.3 Å². The molecule has 0 amide bonds. The quantitative estimate of drug-likeness (QED) is 0.653. The molecule has 1 aromatic rings.